The Morgan fingerprint density at radius 1 is 1.36 bits per heavy atom. The maximum absolute atomic E-state index is 10.6. The molecule has 0 amide bonds. The van der Waals surface area contributed by atoms with Crippen molar-refractivity contribution in [3.63, 3.8) is 0 Å². The van der Waals surface area contributed by atoms with Gasteiger partial charge in [-0.2, -0.15) is 0 Å². The summed E-state index contributed by atoms with van der Waals surface area (Å²) in [5.74, 6) is -1.59. The third-order valence-corrected chi connectivity index (χ3v) is 2.39. The lowest BCUT2D eigenvalue weighted by Crippen LogP contribution is -2.23. The molecule has 0 aliphatic carbocycles. The van der Waals surface area contributed by atoms with Gasteiger partial charge in [-0.3, -0.25) is 0 Å². The molecule has 0 spiro atoms. The minimum atomic E-state index is -1.19. The summed E-state index contributed by atoms with van der Waals surface area (Å²) in [6.45, 7) is 1.76. The Morgan fingerprint density at radius 3 is 2.73 bits per heavy atom. The summed E-state index contributed by atoms with van der Waals surface area (Å²) >= 11 is 0. The molecule has 0 radical (unpaired) electrons. The zero-order chi connectivity index (χ0) is 16.5. The maximum atomic E-state index is 10.6. The van der Waals surface area contributed by atoms with Gasteiger partial charge in [-0.1, -0.05) is 0 Å². The number of aromatic nitrogens is 1. The molecule has 0 aliphatic rings. The Balaban J connectivity index is 0.000000222. The van der Waals surface area contributed by atoms with E-state index in [4.69, 9.17) is 15.9 Å². The van der Waals surface area contributed by atoms with Gasteiger partial charge in [0.1, 0.15) is 12.4 Å². The molecule has 0 aliphatic heterocycles. The quantitative estimate of drug-likeness (QED) is 0.499. The van der Waals surface area contributed by atoms with Gasteiger partial charge in [-0.15, -0.1) is 0 Å². The number of carboxylic acids is 1. The van der Waals surface area contributed by atoms with Crippen molar-refractivity contribution in [1.29, 1.82) is 0 Å². The highest BCUT2D eigenvalue weighted by molar-refractivity contribution is 5.90. The van der Waals surface area contributed by atoms with Crippen LogP contribution in [-0.4, -0.2) is 39.8 Å². The van der Waals surface area contributed by atoms with Crippen LogP contribution in [0, 0.1) is 0 Å². The monoisotopic (exact) mass is 306 g/mol. The Morgan fingerprint density at radius 2 is 2.09 bits per heavy atom. The van der Waals surface area contributed by atoms with Crippen molar-refractivity contribution >= 4 is 22.8 Å². The van der Waals surface area contributed by atoms with Crippen LogP contribution < -0.4 is 5.73 Å². The minimum Gasteiger partial charge on any atom is -0.508 e. The van der Waals surface area contributed by atoms with Crippen LogP contribution in [0.5, 0.6) is 5.75 Å². The number of hydrogen-bond acceptors (Lipinski definition) is 5. The number of benzene rings is 1. The summed E-state index contributed by atoms with van der Waals surface area (Å²) in [7, 11) is 0. The number of esters is 1. The predicted molar refractivity (Wildman–Crippen MR) is 81.3 cm³/mol. The molecule has 1 heterocycles. The van der Waals surface area contributed by atoms with Gasteiger partial charge in [0.15, 0.2) is 0 Å². The van der Waals surface area contributed by atoms with Gasteiger partial charge < -0.3 is 25.7 Å². The molecule has 118 valence electrons. The first-order valence-corrected chi connectivity index (χ1v) is 6.48. The van der Waals surface area contributed by atoms with E-state index in [1.807, 2.05) is 18.3 Å². The number of nitrogens with two attached hydrogens (primary N) is 1. The summed E-state index contributed by atoms with van der Waals surface area (Å²) in [6.07, 6.45) is 3.40. The van der Waals surface area contributed by atoms with E-state index < -0.39 is 11.9 Å². The fraction of sp³-hybridized carbons (Fsp3) is 0.200. The Bertz CT molecular complexity index is 661. The van der Waals surface area contributed by atoms with E-state index >= 15 is 0 Å². The van der Waals surface area contributed by atoms with Crippen LogP contribution in [0.15, 0.2) is 42.6 Å². The zero-order valence-electron chi connectivity index (χ0n) is 12.0. The third kappa shape index (κ3) is 6.58. The van der Waals surface area contributed by atoms with E-state index in [0.717, 1.165) is 17.0 Å². The van der Waals surface area contributed by atoms with Crippen molar-refractivity contribution in [3.8, 4) is 5.75 Å². The smallest absolute Gasteiger partial charge is 0.331 e. The molecule has 5 N–H and O–H groups in total. The Hall–Kier alpha value is -2.80. The van der Waals surface area contributed by atoms with Crippen LogP contribution >= 0.6 is 0 Å². The van der Waals surface area contributed by atoms with Gasteiger partial charge in [0.2, 0.25) is 0 Å². The van der Waals surface area contributed by atoms with E-state index in [1.54, 1.807) is 19.1 Å². The molecule has 1 aromatic carbocycles. The number of ether oxygens (including phenoxy) is 1. The predicted octanol–water partition coefficient (Wildman–Crippen LogP) is 1.39. The molecule has 0 saturated heterocycles. The molecule has 7 nitrogen and oxygen atoms in total. The molecule has 2 aromatic rings. The summed E-state index contributed by atoms with van der Waals surface area (Å²) < 4.78 is 4.54. The van der Waals surface area contributed by atoms with Gasteiger partial charge in [-0.25, -0.2) is 9.59 Å². The lowest BCUT2D eigenvalue weighted by molar-refractivity contribution is -0.139. The molecule has 0 bridgehead atoms. The van der Waals surface area contributed by atoms with Crippen LogP contribution in [0.2, 0.25) is 0 Å². The number of rotatable bonds is 4. The highest BCUT2D eigenvalue weighted by Crippen LogP contribution is 2.17. The fourth-order valence-electron chi connectivity index (χ4n) is 1.44. The molecule has 0 fully saturated rings. The number of hydrogen-bond donors (Lipinski definition) is 4. The van der Waals surface area contributed by atoms with Crippen LogP contribution in [0.25, 0.3) is 10.9 Å². The van der Waals surface area contributed by atoms with Crippen LogP contribution in [-0.2, 0) is 14.3 Å². The lowest BCUT2D eigenvalue weighted by atomic mass is 10.2. The molecule has 7 heteroatoms. The fourth-order valence-corrected chi connectivity index (χ4v) is 1.44. The number of aromatic amines is 1. The molecular weight excluding hydrogens is 288 g/mol. The van der Waals surface area contributed by atoms with Gasteiger partial charge in [0, 0.05) is 36.0 Å². The SMILES string of the molecule is CC(N)COC(=O)/C=C/C(=O)O.Oc1ccc2cc[nH]c2c1. The average molecular weight is 306 g/mol. The van der Waals surface area contributed by atoms with E-state index in [2.05, 4.69) is 9.72 Å². The summed E-state index contributed by atoms with van der Waals surface area (Å²) in [5, 5.41) is 18.3. The molecule has 22 heavy (non-hydrogen) atoms. The number of phenolic OH excluding ortho intramolecular Hbond substituents is 1. The average Bonchev–Trinajstić information content (AvgIpc) is 2.90. The number of phenols is 1. The Kier molecular flexibility index (Phi) is 6.65. The largest absolute Gasteiger partial charge is 0.508 e. The van der Waals surface area contributed by atoms with E-state index in [-0.39, 0.29) is 12.6 Å². The third-order valence-electron chi connectivity index (χ3n) is 2.39. The number of carbonyl (C=O) groups is 2. The molecule has 1 aromatic heterocycles. The molecule has 1 unspecified atom stereocenters. The first kappa shape index (κ1) is 17.3. The first-order valence-electron chi connectivity index (χ1n) is 6.48. The van der Waals surface area contributed by atoms with Crippen molar-refractivity contribution in [1.82, 2.24) is 4.98 Å². The number of carbonyl (C=O) groups excluding carboxylic acids is 1. The van der Waals surface area contributed by atoms with Crippen molar-refractivity contribution < 1.29 is 24.5 Å². The lowest BCUT2D eigenvalue weighted by Gasteiger charge is -2.03. The molecular formula is C15H18N2O5. The number of nitrogens with one attached hydrogen (secondary N) is 1. The summed E-state index contributed by atoms with van der Waals surface area (Å²) in [5.41, 5.74) is 6.25. The van der Waals surface area contributed by atoms with Crippen molar-refractivity contribution in [2.45, 2.75) is 13.0 Å². The molecule has 2 rings (SSSR count). The van der Waals surface area contributed by atoms with Gasteiger partial charge >= 0.3 is 11.9 Å². The molecule has 0 saturated carbocycles. The van der Waals surface area contributed by atoms with Crippen molar-refractivity contribution in [3.05, 3.63) is 42.6 Å². The minimum absolute atomic E-state index is 0.0861. The van der Waals surface area contributed by atoms with E-state index in [9.17, 15) is 9.59 Å². The highest BCUT2D eigenvalue weighted by Gasteiger charge is 2.00. The van der Waals surface area contributed by atoms with Gasteiger partial charge in [-0.05, 0) is 30.5 Å². The zero-order valence-corrected chi connectivity index (χ0v) is 12.0. The van der Waals surface area contributed by atoms with Crippen LogP contribution in [0.3, 0.4) is 0 Å². The van der Waals surface area contributed by atoms with Gasteiger partial charge in [0.05, 0.1) is 0 Å². The second-order valence-corrected chi connectivity index (χ2v) is 4.53. The highest BCUT2D eigenvalue weighted by atomic mass is 16.5. The summed E-state index contributed by atoms with van der Waals surface area (Å²) in [4.78, 5) is 23.5. The normalized spacial score (nSPS) is 11.7. The second kappa shape index (κ2) is 8.48. The molecule has 1 atom stereocenters. The van der Waals surface area contributed by atoms with E-state index in [0.29, 0.717) is 11.8 Å². The summed E-state index contributed by atoms with van der Waals surface area (Å²) in [6, 6.07) is 6.98. The first-order chi connectivity index (χ1) is 10.4. The van der Waals surface area contributed by atoms with E-state index in [1.165, 1.54) is 0 Å². The topological polar surface area (TPSA) is 126 Å². The maximum Gasteiger partial charge on any atom is 0.331 e. The number of fused-ring (bicyclic) bond motifs is 1. The number of aliphatic carboxylic acids is 1. The second-order valence-electron chi connectivity index (χ2n) is 4.53. The van der Waals surface area contributed by atoms with Crippen LogP contribution in [0.4, 0.5) is 0 Å². The van der Waals surface area contributed by atoms with Crippen LogP contribution in [0.1, 0.15) is 6.92 Å². The van der Waals surface area contributed by atoms with Gasteiger partial charge in [0.25, 0.3) is 0 Å². The van der Waals surface area contributed by atoms with Crippen molar-refractivity contribution in [2.24, 2.45) is 5.73 Å². The Labute approximate surface area is 127 Å². The number of carboxylic acid groups (broad SMARTS) is 1. The number of H-pyrrole nitrogens is 1. The van der Waals surface area contributed by atoms with Crippen molar-refractivity contribution in [2.75, 3.05) is 6.61 Å². The standard InChI is InChI=1S/C8H7NO.C7H11NO4/c10-7-2-1-6-3-4-9-8(6)5-7;1-5(8)4-12-7(11)3-2-6(9)10/h1-5,9-10H;2-3,5H,4,8H2,1H3,(H,9,10)/b;3-2+. The number of aromatic hydroxyl groups is 1.